The molecule has 1 rings (SSSR count). The molecule has 0 aliphatic carbocycles. The maximum atomic E-state index is 5.13. The summed E-state index contributed by atoms with van der Waals surface area (Å²) in [4.78, 5) is 0. The molecule has 0 aliphatic heterocycles. The molecule has 0 saturated heterocycles. The van der Waals surface area contributed by atoms with Gasteiger partial charge in [0.05, 0.1) is 18.3 Å². The Morgan fingerprint density at radius 2 is 2.12 bits per heavy atom. The lowest BCUT2D eigenvalue weighted by Crippen LogP contribution is -2.21. The number of hydrogen-bond acceptors (Lipinski definition) is 3. The third-order valence-electron chi connectivity index (χ3n) is 2.58. The summed E-state index contributed by atoms with van der Waals surface area (Å²) in [7, 11) is 1.72. The number of methoxy groups -OCH3 is 1. The summed E-state index contributed by atoms with van der Waals surface area (Å²) >= 11 is 0. The van der Waals surface area contributed by atoms with E-state index in [1.165, 1.54) is 5.56 Å². The Labute approximate surface area is 98.0 Å². The molecule has 0 spiro atoms. The number of nitrogens with zero attached hydrogens (tertiary/aromatic N) is 2. The first-order chi connectivity index (χ1) is 7.54. The standard InChI is InChI=1S/C12H23N3O/c1-9(2)13-6-12-7-15(14-11(12)4)10(3)8-16-5/h7,9-10,13H,6,8H2,1-5H3. The van der Waals surface area contributed by atoms with Crippen molar-refractivity contribution in [3.63, 3.8) is 0 Å². The summed E-state index contributed by atoms with van der Waals surface area (Å²) in [6.07, 6.45) is 2.11. The highest BCUT2D eigenvalue weighted by atomic mass is 16.5. The molecule has 0 radical (unpaired) electrons. The van der Waals surface area contributed by atoms with E-state index in [4.69, 9.17) is 4.74 Å². The molecule has 1 N–H and O–H groups in total. The lowest BCUT2D eigenvalue weighted by Gasteiger charge is -2.10. The maximum Gasteiger partial charge on any atom is 0.0724 e. The zero-order chi connectivity index (χ0) is 12.1. The SMILES string of the molecule is COCC(C)n1cc(CNC(C)C)c(C)n1. The number of aromatic nitrogens is 2. The fourth-order valence-corrected chi connectivity index (χ4v) is 1.55. The van der Waals surface area contributed by atoms with Crippen molar-refractivity contribution in [3.05, 3.63) is 17.5 Å². The average molecular weight is 225 g/mol. The van der Waals surface area contributed by atoms with Gasteiger partial charge in [0, 0.05) is 31.5 Å². The van der Waals surface area contributed by atoms with Crippen LogP contribution in [-0.2, 0) is 11.3 Å². The van der Waals surface area contributed by atoms with Crippen LogP contribution in [0, 0.1) is 6.92 Å². The van der Waals surface area contributed by atoms with E-state index >= 15 is 0 Å². The van der Waals surface area contributed by atoms with E-state index in [9.17, 15) is 0 Å². The highest BCUT2D eigenvalue weighted by Gasteiger charge is 2.09. The van der Waals surface area contributed by atoms with Crippen LogP contribution in [0.25, 0.3) is 0 Å². The van der Waals surface area contributed by atoms with E-state index in [0.717, 1.165) is 12.2 Å². The van der Waals surface area contributed by atoms with Crippen LogP contribution in [0.4, 0.5) is 0 Å². The Balaban J connectivity index is 2.65. The minimum absolute atomic E-state index is 0.288. The zero-order valence-corrected chi connectivity index (χ0v) is 10.9. The van der Waals surface area contributed by atoms with Gasteiger partial charge in [-0.3, -0.25) is 4.68 Å². The fraction of sp³-hybridized carbons (Fsp3) is 0.750. The molecule has 1 heterocycles. The van der Waals surface area contributed by atoms with E-state index in [0.29, 0.717) is 12.6 Å². The first-order valence-corrected chi connectivity index (χ1v) is 5.81. The van der Waals surface area contributed by atoms with E-state index < -0.39 is 0 Å². The van der Waals surface area contributed by atoms with Gasteiger partial charge in [-0.15, -0.1) is 0 Å². The second-order valence-electron chi connectivity index (χ2n) is 4.56. The minimum atomic E-state index is 0.288. The number of hydrogen-bond donors (Lipinski definition) is 1. The second kappa shape index (κ2) is 6.01. The Hall–Kier alpha value is -0.870. The van der Waals surface area contributed by atoms with Crippen molar-refractivity contribution < 1.29 is 4.74 Å². The second-order valence-corrected chi connectivity index (χ2v) is 4.56. The number of ether oxygens (including phenoxy) is 1. The van der Waals surface area contributed by atoms with Gasteiger partial charge in [-0.2, -0.15) is 5.10 Å². The van der Waals surface area contributed by atoms with E-state index in [-0.39, 0.29) is 6.04 Å². The molecular weight excluding hydrogens is 202 g/mol. The van der Waals surface area contributed by atoms with Gasteiger partial charge in [-0.05, 0) is 13.8 Å². The van der Waals surface area contributed by atoms with Crippen LogP contribution in [-0.4, -0.2) is 29.5 Å². The smallest absolute Gasteiger partial charge is 0.0724 e. The predicted molar refractivity (Wildman–Crippen MR) is 65.5 cm³/mol. The Morgan fingerprint density at radius 1 is 1.44 bits per heavy atom. The van der Waals surface area contributed by atoms with E-state index in [1.807, 2.05) is 11.6 Å². The van der Waals surface area contributed by atoms with Crippen LogP contribution in [0.5, 0.6) is 0 Å². The maximum absolute atomic E-state index is 5.13. The van der Waals surface area contributed by atoms with Crippen LogP contribution in [0.3, 0.4) is 0 Å². The molecule has 1 atom stereocenters. The first kappa shape index (κ1) is 13.2. The van der Waals surface area contributed by atoms with Gasteiger partial charge >= 0.3 is 0 Å². The van der Waals surface area contributed by atoms with E-state index in [1.54, 1.807) is 7.11 Å². The topological polar surface area (TPSA) is 39.1 Å². The average Bonchev–Trinajstić information content (AvgIpc) is 2.57. The van der Waals surface area contributed by atoms with Crippen molar-refractivity contribution in [1.29, 1.82) is 0 Å². The molecule has 0 amide bonds. The van der Waals surface area contributed by atoms with Crippen LogP contribution < -0.4 is 5.32 Å². The van der Waals surface area contributed by atoms with Gasteiger partial charge in [0.25, 0.3) is 0 Å². The molecule has 4 nitrogen and oxygen atoms in total. The molecule has 0 fully saturated rings. The van der Waals surface area contributed by atoms with Crippen molar-refractivity contribution >= 4 is 0 Å². The normalized spacial score (nSPS) is 13.4. The molecule has 0 aromatic carbocycles. The quantitative estimate of drug-likeness (QED) is 0.803. The van der Waals surface area contributed by atoms with Crippen LogP contribution in [0.2, 0.25) is 0 Å². The predicted octanol–water partition coefficient (Wildman–Crippen LogP) is 1.90. The lowest BCUT2D eigenvalue weighted by molar-refractivity contribution is 0.157. The van der Waals surface area contributed by atoms with Gasteiger partial charge < -0.3 is 10.1 Å². The summed E-state index contributed by atoms with van der Waals surface area (Å²) in [5, 5.41) is 7.91. The van der Waals surface area contributed by atoms with Crippen LogP contribution >= 0.6 is 0 Å². The van der Waals surface area contributed by atoms with Crippen LogP contribution in [0.15, 0.2) is 6.20 Å². The molecule has 0 bridgehead atoms. The number of aryl methyl sites for hydroxylation is 1. The van der Waals surface area contributed by atoms with Crippen LogP contribution in [0.1, 0.15) is 38.1 Å². The Kier molecular flexibility index (Phi) is 4.96. The molecule has 1 unspecified atom stereocenters. The summed E-state index contributed by atoms with van der Waals surface area (Å²) in [5.41, 5.74) is 2.35. The molecular formula is C12H23N3O. The van der Waals surface area contributed by atoms with Gasteiger partial charge in [0.15, 0.2) is 0 Å². The van der Waals surface area contributed by atoms with Gasteiger partial charge in [-0.1, -0.05) is 13.8 Å². The molecule has 0 saturated carbocycles. The van der Waals surface area contributed by atoms with Crippen molar-refractivity contribution in [1.82, 2.24) is 15.1 Å². The number of nitrogens with one attached hydrogen (secondary N) is 1. The third-order valence-corrected chi connectivity index (χ3v) is 2.58. The molecule has 4 heteroatoms. The summed E-state index contributed by atoms with van der Waals surface area (Å²) in [5.74, 6) is 0. The summed E-state index contributed by atoms with van der Waals surface area (Å²) in [6.45, 7) is 10.0. The summed E-state index contributed by atoms with van der Waals surface area (Å²) < 4.78 is 7.11. The monoisotopic (exact) mass is 225 g/mol. The first-order valence-electron chi connectivity index (χ1n) is 5.81. The summed E-state index contributed by atoms with van der Waals surface area (Å²) in [6, 6.07) is 0.788. The minimum Gasteiger partial charge on any atom is -0.382 e. The molecule has 1 aromatic rings. The lowest BCUT2D eigenvalue weighted by atomic mass is 10.2. The highest BCUT2D eigenvalue weighted by Crippen LogP contribution is 2.11. The Bertz CT molecular complexity index is 320. The molecule has 0 aliphatic rings. The van der Waals surface area contributed by atoms with Crippen molar-refractivity contribution in [2.75, 3.05) is 13.7 Å². The zero-order valence-electron chi connectivity index (χ0n) is 10.9. The van der Waals surface area contributed by atoms with Gasteiger partial charge in [0.1, 0.15) is 0 Å². The molecule has 16 heavy (non-hydrogen) atoms. The molecule has 1 aromatic heterocycles. The van der Waals surface area contributed by atoms with E-state index in [2.05, 4.69) is 37.4 Å². The van der Waals surface area contributed by atoms with Gasteiger partial charge in [0.2, 0.25) is 0 Å². The van der Waals surface area contributed by atoms with Gasteiger partial charge in [-0.25, -0.2) is 0 Å². The van der Waals surface area contributed by atoms with Crippen molar-refractivity contribution in [3.8, 4) is 0 Å². The third kappa shape index (κ3) is 3.61. The van der Waals surface area contributed by atoms with Crippen molar-refractivity contribution in [2.24, 2.45) is 0 Å². The number of rotatable bonds is 6. The largest absolute Gasteiger partial charge is 0.382 e. The highest BCUT2D eigenvalue weighted by molar-refractivity contribution is 5.15. The van der Waals surface area contributed by atoms with Crippen molar-refractivity contribution in [2.45, 2.75) is 46.3 Å². The Morgan fingerprint density at radius 3 is 2.69 bits per heavy atom. The molecule has 92 valence electrons. The fourth-order valence-electron chi connectivity index (χ4n) is 1.55.